The number of nitrogens with zero attached hydrogens (tertiary/aromatic N) is 3. The molecule has 1 N–H and O–H groups in total. The van der Waals surface area contributed by atoms with Gasteiger partial charge in [0.15, 0.2) is 9.84 Å². The molecule has 4 rings (SSSR count). The Labute approximate surface area is 199 Å². The zero-order valence-corrected chi connectivity index (χ0v) is 20.7. The second-order valence-corrected chi connectivity index (χ2v) is 11.4. The number of thiazole rings is 1. The smallest absolute Gasteiger partial charge is 0.316 e. The summed E-state index contributed by atoms with van der Waals surface area (Å²) >= 11 is 1.73. The Hall–Kier alpha value is -2.36. The molecule has 0 bridgehead atoms. The second-order valence-electron chi connectivity index (χ2n) is 8.52. The zero-order chi connectivity index (χ0) is 23.3. The summed E-state index contributed by atoms with van der Waals surface area (Å²) in [4.78, 5) is 13.8. The van der Waals surface area contributed by atoms with E-state index in [1.807, 2.05) is 24.5 Å². The standard InChI is InChI=1S/C24H30N4O3S2/c1-3-17-13-26-24(27-14-17)31-21-8-6-19(7-9-21)23-28-20(16-32-23)15-25-12-18-4-10-22(11-5-18)33(2,29)30/h4-5,10-11,13-14,16,19,21,25H,3,6-9,12,15H2,1-2H3. The Morgan fingerprint density at radius 2 is 1.73 bits per heavy atom. The molecule has 3 aromatic rings. The Kier molecular flexibility index (Phi) is 7.72. The van der Waals surface area contributed by atoms with Crippen molar-refractivity contribution in [2.75, 3.05) is 6.26 Å². The Morgan fingerprint density at radius 1 is 1.03 bits per heavy atom. The normalized spacial score (nSPS) is 18.8. The van der Waals surface area contributed by atoms with Crippen molar-refractivity contribution in [2.24, 2.45) is 0 Å². The summed E-state index contributed by atoms with van der Waals surface area (Å²) in [5, 5.41) is 6.72. The third-order valence-electron chi connectivity index (χ3n) is 5.94. The van der Waals surface area contributed by atoms with Crippen LogP contribution in [0.1, 0.15) is 60.4 Å². The van der Waals surface area contributed by atoms with Crippen LogP contribution in [0.4, 0.5) is 0 Å². The molecule has 33 heavy (non-hydrogen) atoms. The van der Waals surface area contributed by atoms with Crippen LogP contribution in [-0.4, -0.2) is 35.7 Å². The van der Waals surface area contributed by atoms with E-state index in [4.69, 9.17) is 9.72 Å². The number of sulfone groups is 1. The highest BCUT2D eigenvalue weighted by Crippen LogP contribution is 2.35. The molecule has 9 heteroatoms. The molecule has 1 saturated carbocycles. The number of aromatic nitrogens is 3. The van der Waals surface area contributed by atoms with Crippen molar-refractivity contribution < 1.29 is 13.2 Å². The fourth-order valence-electron chi connectivity index (χ4n) is 3.94. The van der Waals surface area contributed by atoms with Crippen LogP contribution in [-0.2, 0) is 29.3 Å². The number of rotatable bonds is 9. The third kappa shape index (κ3) is 6.59. The predicted molar refractivity (Wildman–Crippen MR) is 129 cm³/mol. The van der Waals surface area contributed by atoms with Gasteiger partial charge in [-0.25, -0.2) is 23.4 Å². The SMILES string of the molecule is CCc1cnc(OC2CCC(c3nc(CNCc4ccc(S(C)(=O)=O)cc4)cs3)CC2)nc1. The number of hydrogen-bond acceptors (Lipinski definition) is 8. The fourth-order valence-corrected chi connectivity index (χ4v) is 5.57. The average molecular weight is 487 g/mol. The summed E-state index contributed by atoms with van der Waals surface area (Å²) in [6.45, 7) is 3.44. The van der Waals surface area contributed by atoms with Crippen LogP contribution < -0.4 is 10.1 Å². The van der Waals surface area contributed by atoms with Crippen LogP contribution in [0, 0.1) is 0 Å². The van der Waals surface area contributed by atoms with Crippen LogP contribution in [0.15, 0.2) is 46.9 Å². The van der Waals surface area contributed by atoms with Gasteiger partial charge in [-0.05, 0) is 55.4 Å². The molecule has 0 spiro atoms. The minimum atomic E-state index is -3.16. The van der Waals surface area contributed by atoms with Gasteiger partial charge in [0.1, 0.15) is 6.10 Å². The van der Waals surface area contributed by atoms with E-state index in [0.717, 1.165) is 48.9 Å². The second kappa shape index (κ2) is 10.7. The summed E-state index contributed by atoms with van der Waals surface area (Å²) in [6, 6.07) is 7.47. The lowest BCUT2D eigenvalue weighted by molar-refractivity contribution is 0.134. The van der Waals surface area contributed by atoms with E-state index in [0.29, 0.717) is 29.9 Å². The molecule has 1 aliphatic rings. The van der Waals surface area contributed by atoms with E-state index in [2.05, 4.69) is 27.6 Å². The van der Waals surface area contributed by atoms with Crippen LogP contribution in [0.25, 0.3) is 0 Å². The summed E-state index contributed by atoms with van der Waals surface area (Å²) in [6.07, 6.45) is 10.1. The molecule has 0 unspecified atom stereocenters. The molecule has 1 aromatic carbocycles. The third-order valence-corrected chi connectivity index (χ3v) is 8.13. The molecule has 7 nitrogen and oxygen atoms in total. The Bertz CT molecular complexity index is 1140. The molecule has 0 amide bonds. The van der Waals surface area contributed by atoms with Crippen molar-refractivity contribution in [2.45, 2.75) is 69.0 Å². The minimum absolute atomic E-state index is 0.170. The number of benzene rings is 1. The molecular formula is C24H30N4O3S2. The number of nitrogens with one attached hydrogen (secondary N) is 1. The summed E-state index contributed by atoms with van der Waals surface area (Å²) < 4.78 is 29.1. The van der Waals surface area contributed by atoms with Gasteiger partial charge in [-0.3, -0.25) is 0 Å². The van der Waals surface area contributed by atoms with Gasteiger partial charge in [-0.2, -0.15) is 0 Å². The lowest BCUT2D eigenvalue weighted by Gasteiger charge is -2.27. The Morgan fingerprint density at radius 3 is 2.36 bits per heavy atom. The molecule has 2 heterocycles. The zero-order valence-electron chi connectivity index (χ0n) is 19.0. The van der Waals surface area contributed by atoms with Crippen molar-refractivity contribution in [1.29, 1.82) is 0 Å². The van der Waals surface area contributed by atoms with Gasteiger partial charge in [0.25, 0.3) is 0 Å². The molecule has 0 saturated heterocycles. The van der Waals surface area contributed by atoms with E-state index in [1.54, 1.807) is 23.5 Å². The lowest BCUT2D eigenvalue weighted by atomic mass is 9.88. The van der Waals surface area contributed by atoms with Crippen molar-refractivity contribution in [3.8, 4) is 6.01 Å². The van der Waals surface area contributed by atoms with Gasteiger partial charge in [0.05, 0.1) is 15.6 Å². The Balaban J connectivity index is 1.22. The van der Waals surface area contributed by atoms with Gasteiger partial charge >= 0.3 is 6.01 Å². The first-order valence-electron chi connectivity index (χ1n) is 11.3. The topological polar surface area (TPSA) is 94.1 Å². The summed E-state index contributed by atoms with van der Waals surface area (Å²) in [5.41, 5.74) is 3.21. The number of aryl methyl sites for hydroxylation is 1. The molecule has 2 aromatic heterocycles. The molecule has 0 radical (unpaired) electrons. The number of ether oxygens (including phenoxy) is 1. The van der Waals surface area contributed by atoms with Crippen molar-refractivity contribution in [3.05, 3.63) is 63.9 Å². The van der Waals surface area contributed by atoms with E-state index in [9.17, 15) is 8.42 Å². The molecule has 1 fully saturated rings. The minimum Gasteiger partial charge on any atom is -0.460 e. The van der Waals surface area contributed by atoms with Gasteiger partial charge < -0.3 is 10.1 Å². The first-order valence-corrected chi connectivity index (χ1v) is 14.1. The first-order chi connectivity index (χ1) is 15.9. The van der Waals surface area contributed by atoms with Crippen molar-refractivity contribution >= 4 is 21.2 Å². The van der Waals surface area contributed by atoms with E-state index in [1.165, 1.54) is 11.3 Å². The van der Waals surface area contributed by atoms with Crippen molar-refractivity contribution in [1.82, 2.24) is 20.3 Å². The molecule has 0 aliphatic heterocycles. The highest BCUT2D eigenvalue weighted by Gasteiger charge is 2.26. The van der Waals surface area contributed by atoms with E-state index >= 15 is 0 Å². The van der Waals surface area contributed by atoms with Gasteiger partial charge in [0.2, 0.25) is 0 Å². The molecule has 0 atom stereocenters. The first kappa shape index (κ1) is 23.8. The number of hydrogen-bond donors (Lipinski definition) is 1. The van der Waals surface area contributed by atoms with Crippen LogP contribution in [0.2, 0.25) is 0 Å². The maximum absolute atomic E-state index is 11.6. The molecular weight excluding hydrogens is 456 g/mol. The summed E-state index contributed by atoms with van der Waals surface area (Å²) in [5.74, 6) is 0.482. The van der Waals surface area contributed by atoms with E-state index in [-0.39, 0.29) is 6.10 Å². The van der Waals surface area contributed by atoms with Gasteiger partial charge in [-0.1, -0.05) is 19.1 Å². The average Bonchev–Trinajstić information content (AvgIpc) is 3.29. The predicted octanol–water partition coefficient (Wildman–Crippen LogP) is 4.29. The maximum atomic E-state index is 11.6. The highest BCUT2D eigenvalue weighted by atomic mass is 32.2. The highest BCUT2D eigenvalue weighted by molar-refractivity contribution is 7.90. The van der Waals surface area contributed by atoms with Crippen LogP contribution in [0.5, 0.6) is 6.01 Å². The fraction of sp³-hybridized carbons (Fsp3) is 0.458. The monoisotopic (exact) mass is 486 g/mol. The lowest BCUT2D eigenvalue weighted by Crippen LogP contribution is -2.24. The van der Waals surface area contributed by atoms with E-state index < -0.39 is 9.84 Å². The maximum Gasteiger partial charge on any atom is 0.316 e. The van der Waals surface area contributed by atoms with Crippen molar-refractivity contribution in [3.63, 3.8) is 0 Å². The largest absolute Gasteiger partial charge is 0.460 e. The summed E-state index contributed by atoms with van der Waals surface area (Å²) in [7, 11) is -3.16. The van der Waals surface area contributed by atoms with Gasteiger partial charge in [0, 0.05) is 43.0 Å². The molecule has 176 valence electrons. The molecule has 1 aliphatic carbocycles. The van der Waals surface area contributed by atoms with Crippen LogP contribution in [0.3, 0.4) is 0 Å². The quantitative estimate of drug-likeness (QED) is 0.482. The van der Waals surface area contributed by atoms with Gasteiger partial charge in [-0.15, -0.1) is 11.3 Å². The van der Waals surface area contributed by atoms with Crippen LogP contribution >= 0.6 is 11.3 Å².